The lowest BCUT2D eigenvalue weighted by molar-refractivity contribution is 0.0527. The number of aromatic amines is 1. The number of aryl methyl sites for hydroxylation is 2. The maximum atomic E-state index is 12.7. The van der Waals surface area contributed by atoms with E-state index in [1.54, 1.807) is 32.0 Å². The van der Waals surface area contributed by atoms with Gasteiger partial charge in [-0.2, -0.15) is 5.10 Å². The summed E-state index contributed by atoms with van der Waals surface area (Å²) in [5.74, 6) is -0.776. The van der Waals surface area contributed by atoms with Gasteiger partial charge in [0.2, 0.25) is 0 Å². The van der Waals surface area contributed by atoms with Crippen LogP contribution in [0.2, 0.25) is 0 Å². The van der Waals surface area contributed by atoms with E-state index in [1.165, 1.54) is 11.3 Å². The van der Waals surface area contributed by atoms with E-state index in [-0.39, 0.29) is 18.1 Å². The van der Waals surface area contributed by atoms with Crippen LogP contribution < -0.4 is 5.32 Å². The van der Waals surface area contributed by atoms with Crippen molar-refractivity contribution in [1.82, 2.24) is 10.2 Å². The first-order valence-electron chi connectivity index (χ1n) is 8.76. The SMILES string of the molecule is CCOC(=O)c1c(NC(=O)c2cc(-c3cccc(C)c3O)n[nH]2)sc(C)c1C. The fourth-order valence-electron chi connectivity index (χ4n) is 2.78. The van der Waals surface area contributed by atoms with Crippen molar-refractivity contribution >= 4 is 28.2 Å². The molecule has 0 saturated heterocycles. The predicted molar refractivity (Wildman–Crippen MR) is 108 cm³/mol. The quantitative estimate of drug-likeness (QED) is 0.558. The number of rotatable bonds is 5. The second kappa shape index (κ2) is 7.85. The summed E-state index contributed by atoms with van der Waals surface area (Å²) in [5, 5.41) is 20.2. The molecule has 7 nitrogen and oxygen atoms in total. The summed E-state index contributed by atoms with van der Waals surface area (Å²) in [6, 6.07) is 6.88. The van der Waals surface area contributed by atoms with Crippen LogP contribution in [0.15, 0.2) is 24.3 Å². The fraction of sp³-hybridized carbons (Fsp3) is 0.250. The van der Waals surface area contributed by atoms with Gasteiger partial charge in [0.05, 0.1) is 17.9 Å². The highest BCUT2D eigenvalue weighted by Gasteiger charge is 2.23. The van der Waals surface area contributed by atoms with Crippen LogP contribution in [0.4, 0.5) is 5.00 Å². The first-order chi connectivity index (χ1) is 13.3. The molecule has 8 heteroatoms. The summed E-state index contributed by atoms with van der Waals surface area (Å²) < 4.78 is 5.10. The Morgan fingerprint density at radius 3 is 2.75 bits per heavy atom. The standard InChI is InChI=1S/C20H21N3O4S/c1-5-27-20(26)16-11(3)12(4)28-19(16)21-18(25)15-9-14(22-23-15)13-8-6-7-10(2)17(13)24/h6-9,24H,5H2,1-4H3,(H,21,25)(H,22,23). The molecular formula is C20H21N3O4S. The molecule has 1 aromatic carbocycles. The largest absolute Gasteiger partial charge is 0.507 e. The summed E-state index contributed by atoms with van der Waals surface area (Å²) in [5.41, 5.74) is 3.08. The number of H-pyrrole nitrogens is 1. The van der Waals surface area contributed by atoms with Crippen molar-refractivity contribution in [2.75, 3.05) is 11.9 Å². The first kappa shape index (κ1) is 19.6. The van der Waals surface area contributed by atoms with E-state index in [4.69, 9.17) is 4.74 Å². The molecule has 0 saturated carbocycles. The molecule has 0 aliphatic carbocycles. The number of carbonyl (C=O) groups excluding carboxylic acids is 2. The van der Waals surface area contributed by atoms with E-state index in [1.807, 2.05) is 19.9 Å². The topological polar surface area (TPSA) is 104 Å². The Hall–Kier alpha value is -3.13. The van der Waals surface area contributed by atoms with Gasteiger partial charge in [0.15, 0.2) is 0 Å². The smallest absolute Gasteiger partial charge is 0.341 e. The van der Waals surface area contributed by atoms with Gasteiger partial charge < -0.3 is 15.2 Å². The Morgan fingerprint density at radius 2 is 2.04 bits per heavy atom. The van der Waals surface area contributed by atoms with Gasteiger partial charge in [-0.25, -0.2) is 4.79 Å². The number of anilines is 1. The maximum Gasteiger partial charge on any atom is 0.341 e. The highest BCUT2D eigenvalue weighted by molar-refractivity contribution is 7.16. The molecule has 1 amide bonds. The van der Waals surface area contributed by atoms with Crippen molar-refractivity contribution in [1.29, 1.82) is 0 Å². The second-order valence-corrected chi connectivity index (χ2v) is 7.52. The molecule has 3 rings (SSSR count). The van der Waals surface area contributed by atoms with Crippen molar-refractivity contribution in [2.24, 2.45) is 0 Å². The van der Waals surface area contributed by atoms with E-state index >= 15 is 0 Å². The molecule has 146 valence electrons. The number of aromatic hydroxyl groups is 1. The van der Waals surface area contributed by atoms with Crippen molar-refractivity contribution in [3.8, 4) is 17.0 Å². The van der Waals surface area contributed by atoms with Crippen LogP contribution in [0.3, 0.4) is 0 Å². The number of ether oxygens (including phenoxy) is 1. The van der Waals surface area contributed by atoms with Crippen LogP contribution in [0.5, 0.6) is 5.75 Å². The first-order valence-corrected chi connectivity index (χ1v) is 9.58. The van der Waals surface area contributed by atoms with Gasteiger partial charge in [0.1, 0.15) is 16.4 Å². The highest BCUT2D eigenvalue weighted by Crippen LogP contribution is 2.34. The maximum absolute atomic E-state index is 12.7. The Labute approximate surface area is 166 Å². The molecule has 0 aliphatic rings. The zero-order valence-corrected chi connectivity index (χ0v) is 16.9. The number of esters is 1. The Kier molecular flexibility index (Phi) is 5.51. The van der Waals surface area contributed by atoms with Gasteiger partial charge in [0.25, 0.3) is 5.91 Å². The minimum absolute atomic E-state index is 0.120. The minimum Gasteiger partial charge on any atom is -0.507 e. The number of benzene rings is 1. The number of nitrogens with one attached hydrogen (secondary N) is 2. The lowest BCUT2D eigenvalue weighted by atomic mass is 10.1. The van der Waals surface area contributed by atoms with E-state index in [0.717, 1.165) is 16.0 Å². The summed E-state index contributed by atoms with van der Waals surface area (Å²) >= 11 is 1.32. The summed E-state index contributed by atoms with van der Waals surface area (Å²) in [7, 11) is 0. The van der Waals surface area contributed by atoms with Gasteiger partial charge in [-0.1, -0.05) is 12.1 Å². The highest BCUT2D eigenvalue weighted by atomic mass is 32.1. The van der Waals surface area contributed by atoms with Gasteiger partial charge in [-0.05, 0) is 51.0 Å². The molecule has 0 fully saturated rings. The normalized spacial score (nSPS) is 10.7. The zero-order chi connectivity index (χ0) is 20.4. The fourth-order valence-corrected chi connectivity index (χ4v) is 3.82. The molecular weight excluding hydrogens is 378 g/mol. The third-order valence-electron chi connectivity index (χ3n) is 4.43. The van der Waals surface area contributed by atoms with Crippen molar-refractivity contribution in [3.63, 3.8) is 0 Å². The third-order valence-corrected chi connectivity index (χ3v) is 5.55. The Balaban J connectivity index is 1.87. The number of amides is 1. The van der Waals surface area contributed by atoms with E-state index in [9.17, 15) is 14.7 Å². The number of hydrogen-bond donors (Lipinski definition) is 3. The number of para-hydroxylation sites is 1. The van der Waals surface area contributed by atoms with Gasteiger partial charge in [-0.15, -0.1) is 11.3 Å². The zero-order valence-electron chi connectivity index (χ0n) is 16.0. The van der Waals surface area contributed by atoms with E-state index in [0.29, 0.717) is 21.8 Å². The minimum atomic E-state index is -0.463. The molecule has 0 bridgehead atoms. The molecule has 0 aliphatic heterocycles. The van der Waals surface area contributed by atoms with Crippen LogP contribution >= 0.6 is 11.3 Å². The second-order valence-electron chi connectivity index (χ2n) is 6.30. The monoisotopic (exact) mass is 399 g/mol. The Morgan fingerprint density at radius 1 is 1.29 bits per heavy atom. The van der Waals surface area contributed by atoms with E-state index < -0.39 is 11.9 Å². The predicted octanol–water partition coefficient (Wildman–Crippen LogP) is 4.20. The average molecular weight is 399 g/mol. The number of phenolic OH excluding ortho intramolecular Hbond substituents is 1. The van der Waals surface area contributed by atoms with E-state index in [2.05, 4.69) is 15.5 Å². The number of hydrogen-bond acceptors (Lipinski definition) is 6. The van der Waals surface area contributed by atoms with Crippen LogP contribution in [-0.2, 0) is 4.74 Å². The number of carbonyl (C=O) groups is 2. The molecule has 3 aromatic rings. The summed E-state index contributed by atoms with van der Waals surface area (Å²) in [6.45, 7) is 7.48. The summed E-state index contributed by atoms with van der Waals surface area (Å²) in [6.07, 6.45) is 0. The van der Waals surface area contributed by atoms with Gasteiger partial charge in [0, 0.05) is 10.4 Å². The third kappa shape index (κ3) is 3.63. The average Bonchev–Trinajstić information content (AvgIpc) is 3.23. The van der Waals surface area contributed by atoms with Crippen LogP contribution in [-0.4, -0.2) is 33.8 Å². The lowest BCUT2D eigenvalue weighted by Gasteiger charge is -2.06. The molecule has 2 aromatic heterocycles. The molecule has 0 atom stereocenters. The lowest BCUT2D eigenvalue weighted by Crippen LogP contribution is -2.15. The molecule has 2 heterocycles. The van der Waals surface area contributed by atoms with Gasteiger partial charge >= 0.3 is 5.97 Å². The molecule has 3 N–H and O–H groups in total. The Bertz CT molecular complexity index is 1050. The molecule has 0 unspecified atom stereocenters. The number of aromatic nitrogens is 2. The van der Waals surface area contributed by atoms with Crippen LogP contribution in [0.25, 0.3) is 11.3 Å². The molecule has 0 radical (unpaired) electrons. The number of nitrogens with zero attached hydrogens (tertiary/aromatic N) is 1. The molecule has 0 spiro atoms. The van der Waals surface area contributed by atoms with Crippen molar-refractivity contribution < 1.29 is 19.4 Å². The van der Waals surface area contributed by atoms with Crippen LogP contribution in [0.1, 0.15) is 43.8 Å². The number of thiophene rings is 1. The van der Waals surface area contributed by atoms with Crippen molar-refractivity contribution in [2.45, 2.75) is 27.7 Å². The van der Waals surface area contributed by atoms with Crippen molar-refractivity contribution in [3.05, 3.63) is 51.5 Å². The van der Waals surface area contributed by atoms with Crippen LogP contribution in [0, 0.1) is 20.8 Å². The number of phenols is 1. The molecule has 28 heavy (non-hydrogen) atoms. The summed E-state index contributed by atoms with van der Waals surface area (Å²) in [4.78, 5) is 25.9. The van der Waals surface area contributed by atoms with Gasteiger partial charge in [-0.3, -0.25) is 9.89 Å².